The maximum absolute atomic E-state index is 10.9. The largest absolute Gasteiger partial charge is 0.508 e. The van der Waals surface area contributed by atoms with Gasteiger partial charge in [-0.2, -0.15) is 4.58 Å². The fraction of sp³-hybridized carbons (Fsp3) is 0.345. The summed E-state index contributed by atoms with van der Waals surface area (Å²) >= 11 is 0. The van der Waals surface area contributed by atoms with Gasteiger partial charge in [0, 0.05) is 54.2 Å². The van der Waals surface area contributed by atoms with E-state index in [9.17, 15) is 5.11 Å². The van der Waals surface area contributed by atoms with Crippen LogP contribution < -0.4 is 4.74 Å². The lowest BCUT2D eigenvalue weighted by Crippen LogP contribution is -2.39. The number of aliphatic imine (C=N–C) groups is 1. The molecule has 4 atom stereocenters. The number of piperidine rings is 2. The van der Waals surface area contributed by atoms with Crippen molar-refractivity contribution in [3.63, 3.8) is 0 Å². The highest BCUT2D eigenvalue weighted by Crippen LogP contribution is 2.36. The number of hydrogen-bond donors (Lipinski definition) is 1. The van der Waals surface area contributed by atoms with Crippen molar-refractivity contribution >= 4 is 44.9 Å². The highest BCUT2D eigenvalue weighted by atomic mass is 16.5. The van der Waals surface area contributed by atoms with Gasteiger partial charge in [0.25, 0.3) is 0 Å². The molecule has 8 rings (SSSR count). The number of nitrogens with zero attached hydrogens (tertiary/aromatic N) is 5. The van der Waals surface area contributed by atoms with Crippen molar-refractivity contribution in [2.45, 2.75) is 65.9 Å². The average Bonchev–Trinajstić information content (AvgIpc) is 3.33. The van der Waals surface area contributed by atoms with Gasteiger partial charge in [0.05, 0.1) is 35.0 Å². The Balaban J connectivity index is 1.34. The van der Waals surface area contributed by atoms with Crippen LogP contribution in [0.2, 0.25) is 0 Å². The minimum atomic E-state index is -0.380. The molecule has 0 radical (unpaired) electrons. The lowest BCUT2D eigenvalue weighted by atomic mass is 9.86. The minimum absolute atomic E-state index is 0.159. The van der Waals surface area contributed by atoms with Crippen molar-refractivity contribution in [1.82, 2.24) is 14.9 Å². The van der Waals surface area contributed by atoms with Gasteiger partial charge in [0.1, 0.15) is 36.5 Å². The highest BCUT2D eigenvalue weighted by Gasteiger charge is 2.35. The van der Waals surface area contributed by atoms with Gasteiger partial charge < -0.3 is 19.3 Å². The molecule has 0 bridgehead atoms. The topological polar surface area (TPSA) is 92.3 Å². The normalized spacial score (nSPS) is 20.1. The van der Waals surface area contributed by atoms with Crippen LogP contribution in [0.4, 0.5) is 0 Å². The number of likely N-dealkylation sites (tertiary alicyclic amines) is 1. The monoisotopic (exact) mass is 856 g/mol. The van der Waals surface area contributed by atoms with Crippen molar-refractivity contribution in [2.75, 3.05) is 39.8 Å². The molecular weight excluding hydrogens is 795 g/mol. The van der Waals surface area contributed by atoms with Gasteiger partial charge in [-0.1, -0.05) is 94.4 Å². The first kappa shape index (κ1) is 44.3. The number of ether oxygens (including phenoxy) is 3. The van der Waals surface area contributed by atoms with Gasteiger partial charge >= 0.3 is 5.90 Å². The van der Waals surface area contributed by atoms with Crippen molar-refractivity contribution in [3.05, 3.63) is 156 Å². The molecule has 2 aromatic heterocycles. The van der Waals surface area contributed by atoms with Crippen LogP contribution in [0.5, 0.6) is 11.5 Å². The third-order valence-electron chi connectivity index (χ3n) is 13.3. The molecule has 1 N–H and O–H groups in total. The lowest BCUT2D eigenvalue weighted by Gasteiger charge is -2.35. The third-order valence-corrected chi connectivity index (χ3v) is 13.3. The van der Waals surface area contributed by atoms with Crippen molar-refractivity contribution in [1.29, 1.82) is 0 Å². The van der Waals surface area contributed by atoms with Crippen LogP contribution in [-0.2, 0) is 9.47 Å². The Bertz CT molecular complexity index is 2680. The Labute approximate surface area is 378 Å². The van der Waals surface area contributed by atoms with E-state index in [0.717, 1.165) is 102 Å². The summed E-state index contributed by atoms with van der Waals surface area (Å²) in [4.78, 5) is 17.4. The maximum atomic E-state index is 10.9. The molecule has 64 heavy (non-hydrogen) atoms. The summed E-state index contributed by atoms with van der Waals surface area (Å²) in [7, 11) is 1.70. The van der Waals surface area contributed by atoms with Crippen LogP contribution in [0.3, 0.4) is 0 Å². The van der Waals surface area contributed by atoms with Crippen LogP contribution >= 0.6 is 0 Å². The number of methoxy groups -OCH3 is 1. The smallest absolute Gasteiger partial charge is 0.377 e. The molecule has 0 amide bonds. The lowest BCUT2D eigenvalue weighted by molar-refractivity contribution is -0.555. The van der Waals surface area contributed by atoms with E-state index in [2.05, 4.69) is 61.1 Å². The molecule has 2 aliphatic heterocycles. The van der Waals surface area contributed by atoms with Crippen LogP contribution in [0.15, 0.2) is 139 Å². The fourth-order valence-corrected chi connectivity index (χ4v) is 9.51. The highest BCUT2D eigenvalue weighted by molar-refractivity contribution is 6.25. The summed E-state index contributed by atoms with van der Waals surface area (Å²) in [6.45, 7) is 17.8. The van der Waals surface area contributed by atoms with E-state index in [-0.39, 0.29) is 11.9 Å². The second-order valence-corrected chi connectivity index (χ2v) is 17.4. The van der Waals surface area contributed by atoms with Crippen LogP contribution in [-0.4, -0.2) is 76.2 Å². The third kappa shape index (κ3) is 10.1. The van der Waals surface area contributed by atoms with Gasteiger partial charge in [-0.05, 0) is 104 Å². The van der Waals surface area contributed by atoms with Crippen molar-refractivity contribution in [2.24, 2.45) is 22.7 Å². The number of phenolic OH excluding ortho intramolecular Hbond substituents is 1. The molecule has 0 spiro atoms. The van der Waals surface area contributed by atoms with E-state index in [1.807, 2.05) is 92.1 Å². The molecule has 4 heterocycles. The molecule has 4 unspecified atom stereocenters. The zero-order valence-electron chi connectivity index (χ0n) is 38.0. The molecule has 6 aromatic rings. The summed E-state index contributed by atoms with van der Waals surface area (Å²) in [5.74, 6) is 4.24. The summed E-state index contributed by atoms with van der Waals surface area (Å²) in [6.07, 6.45) is 8.91. The Hall–Kier alpha value is -6.32. The van der Waals surface area contributed by atoms with E-state index in [4.69, 9.17) is 29.2 Å². The summed E-state index contributed by atoms with van der Waals surface area (Å²) < 4.78 is 23.0. The molecule has 0 saturated carbocycles. The molecule has 2 saturated heterocycles. The first-order valence-corrected chi connectivity index (χ1v) is 23.0. The number of pyridine rings is 2. The number of aromatic nitrogens is 2. The number of phenols is 1. The van der Waals surface area contributed by atoms with E-state index >= 15 is 0 Å². The number of rotatable bonds is 13. The quantitative estimate of drug-likeness (QED) is 0.0535. The van der Waals surface area contributed by atoms with Gasteiger partial charge in [-0.25, -0.2) is 4.99 Å². The van der Waals surface area contributed by atoms with Gasteiger partial charge in [0.2, 0.25) is 5.90 Å². The molecule has 9 heteroatoms. The van der Waals surface area contributed by atoms with Gasteiger partial charge in [0.15, 0.2) is 0 Å². The predicted molar refractivity (Wildman–Crippen MR) is 260 cm³/mol. The first-order chi connectivity index (χ1) is 31.2. The minimum Gasteiger partial charge on any atom is -0.508 e. The molecule has 0 aliphatic carbocycles. The summed E-state index contributed by atoms with van der Waals surface area (Å²) in [5, 5.41) is 12.6. The molecule has 330 valence electrons. The number of hydrogen-bond acceptors (Lipinski definition) is 8. The van der Waals surface area contributed by atoms with E-state index in [1.165, 1.54) is 6.42 Å². The summed E-state index contributed by atoms with van der Waals surface area (Å²) in [5.41, 5.74) is 6.51. The number of benzene rings is 4. The zero-order valence-corrected chi connectivity index (χ0v) is 38.0. The van der Waals surface area contributed by atoms with Gasteiger partial charge in [-0.15, -0.1) is 0 Å². The maximum Gasteiger partial charge on any atom is 0.377 e. The Kier molecular flexibility index (Phi) is 14.2. The molecule has 9 nitrogen and oxygen atoms in total. The molecule has 2 fully saturated rings. The second-order valence-electron chi connectivity index (χ2n) is 17.4. The fourth-order valence-electron chi connectivity index (χ4n) is 9.51. The summed E-state index contributed by atoms with van der Waals surface area (Å²) in [6, 6.07) is 35.7. The number of allylic oxidation sites excluding steroid dienone is 1. The average molecular weight is 857 g/mol. The van der Waals surface area contributed by atoms with Crippen LogP contribution in [0.25, 0.3) is 33.1 Å². The van der Waals surface area contributed by atoms with Crippen molar-refractivity contribution < 1.29 is 23.9 Å². The van der Waals surface area contributed by atoms with E-state index in [1.54, 1.807) is 19.2 Å². The SMILES string of the molecule is C=C(N=C(OC(c1ccnc2ccc(O)cc12)=[N+]1CCC(C)C(CC)C1)/C(=C(\C)OC(CN1CCCC(CC)C1)c1ccnc2ccc(OC)cc12)c1ccccc1)c1ccccc1. The van der Waals surface area contributed by atoms with Crippen LogP contribution in [0.1, 0.15) is 88.2 Å². The molecule has 4 aromatic carbocycles. The predicted octanol–water partition coefficient (Wildman–Crippen LogP) is 11.7. The van der Waals surface area contributed by atoms with E-state index in [0.29, 0.717) is 53.1 Å². The Morgan fingerprint density at radius 3 is 2.33 bits per heavy atom. The first-order valence-electron chi connectivity index (χ1n) is 23.0. The standard InChI is InChI=1S/C55H61N5O4/c1-7-40-16-15-30-59(34-40)36-52(46-25-28-56-51-24-22-45(62-6)33-49(46)51)63-39(5)53(43-19-13-10-14-20-43)54(58-38(4)42-17-11-9-12-18-42)64-55(60-31-27-37(3)41(8-2)35-60)47-26-29-57-50-23-21-44(61)32-48(47)50/h9-14,17-26,28-29,32-33,37,40-41,52H,4,7-8,15-16,27,30-31,34-36H2,1-3,5-6H3/p+1/b53-39+,58-54?. The number of fused-ring (bicyclic) bond motifs is 2. The van der Waals surface area contributed by atoms with Crippen molar-refractivity contribution in [3.8, 4) is 11.5 Å². The van der Waals surface area contributed by atoms with Gasteiger partial charge in [-0.3, -0.25) is 14.9 Å². The van der Waals surface area contributed by atoms with Crippen LogP contribution in [0, 0.1) is 17.8 Å². The molecule has 2 aliphatic rings. The molecular formula is C55H62N5O4+. The Morgan fingerprint density at radius 1 is 0.875 bits per heavy atom. The number of aromatic hydroxyl groups is 1. The second kappa shape index (κ2) is 20.5. The van der Waals surface area contributed by atoms with E-state index < -0.39 is 0 Å². The zero-order chi connectivity index (χ0) is 44.6. The Morgan fingerprint density at radius 2 is 1.59 bits per heavy atom.